The number of aromatic nitrogens is 9. The Morgan fingerprint density at radius 2 is 0.518 bits per heavy atom. The Kier molecular flexibility index (Phi) is 14.7. The van der Waals surface area contributed by atoms with E-state index in [9.17, 15) is 0 Å². The molecule has 0 bridgehead atoms. The van der Waals surface area contributed by atoms with Crippen LogP contribution in [0.3, 0.4) is 0 Å². The molecular formula is C103H63N9O2. The second-order valence-electron chi connectivity index (χ2n) is 29.0. The predicted octanol–water partition coefficient (Wildman–Crippen LogP) is 26.5. The quantitative estimate of drug-likeness (QED) is 0.134. The van der Waals surface area contributed by atoms with Crippen LogP contribution < -0.4 is 0 Å². The molecule has 0 aliphatic heterocycles. The highest BCUT2D eigenvalue weighted by atomic mass is 16.3. The first-order chi connectivity index (χ1) is 56.6. The molecule has 0 N–H and O–H groups in total. The number of rotatable bonds is 10. The summed E-state index contributed by atoms with van der Waals surface area (Å²) in [6.45, 7) is 0. The molecule has 0 atom stereocenters. The van der Waals surface area contributed by atoms with Crippen LogP contribution in [0.1, 0.15) is 0 Å². The monoisotopic (exact) mass is 1460 g/mol. The molecule has 8 aromatic heterocycles. The standard InChI is InChI=1S/C52H32N4O.C51H31N5O/c1-3-15-33(16-4-1)42-32-43(34-17-5-2-6-18-34)54-52(53-42)56-45-25-11-8-21-40(45)50-36(22-13-26-47(50)56)35-29-30-46-41(31-35)37-19-7-10-24-44(37)55(46)48-27-14-23-39-38-20-9-12-28-49(38)57-51(39)48;1-3-15-32(16-4-1)49-52-50(33-17-5-2-6-18-33)54-51(53-49)56-42-25-11-8-21-39(42)47-35(22-13-26-44(47)56)34-29-30-43-40(31-34)36-19-7-10-24-41(36)55(43)45-27-14-23-38-37-20-9-12-28-46(37)57-48(38)45/h1-32H;1-31H. The van der Waals surface area contributed by atoms with Crippen LogP contribution in [0.25, 0.3) is 222 Å². The fourth-order valence-electron chi connectivity index (χ4n) is 17.5. The molecule has 0 fully saturated rings. The van der Waals surface area contributed by atoms with Gasteiger partial charge >= 0.3 is 0 Å². The molecule has 11 heteroatoms. The summed E-state index contributed by atoms with van der Waals surface area (Å²) in [5.74, 6) is 2.46. The van der Waals surface area contributed by atoms with E-state index in [-0.39, 0.29) is 0 Å². The molecule has 0 aliphatic rings. The minimum Gasteiger partial charge on any atom is -0.454 e. The van der Waals surface area contributed by atoms with Crippen molar-refractivity contribution in [2.75, 3.05) is 0 Å². The first kappa shape index (κ1) is 64.4. The van der Waals surface area contributed by atoms with E-state index >= 15 is 0 Å². The Bertz CT molecular complexity index is 7400. The van der Waals surface area contributed by atoms with Gasteiger partial charge in [-0.25, -0.2) is 15.0 Å². The van der Waals surface area contributed by atoms with Gasteiger partial charge in [-0.15, -0.1) is 0 Å². The molecule has 0 unspecified atom stereocenters. The van der Waals surface area contributed by atoms with Crippen LogP contribution in [0.5, 0.6) is 0 Å². The van der Waals surface area contributed by atoms with Gasteiger partial charge in [0.1, 0.15) is 11.2 Å². The van der Waals surface area contributed by atoms with E-state index in [2.05, 4.69) is 303 Å². The Labute approximate surface area is 652 Å². The summed E-state index contributed by atoms with van der Waals surface area (Å²) < 4.78 is 22.2. The van der Waals surface area contributed by atoms with E-state index in [1.165, 1.54) is 26.9 Å². The smallest absolute Gasteiger partial charge is 0.238 e. The molecular weight excluding hydrogens is 1400 g/mol. The molecule has 16 aromatic carbocycles. The van der Waals surface area contributed by atoms with Gasteiger partial charge in [0.15, 0.2) is 22.8 Å². The zero-order valence-corrected chi connectivity index (χ0v) is 61.2. The van der Waals surface area contributed by atoms with E-state index in [4.69, 9.17) is 33.8 Å². The molecule has 0 saturated heterocycles. The molecule has 0 aliphatic carbocycles. The maximum absolute atomic E-state index is 6.56. The number of hydrogen-bond acceptors (Lipinski definition) is 7. The van der Waals surface area contributed by atoms with Crippen LogP contribution in [-0.2, 0) is 0 Å². The van der Waals surface area contributed by atoms with E-state index in [1.807, 2.05) is 97.1 Å². The molecule has 24 aromatic rings. The Morgan fingerprint density at radius 3 is 0.947 bits per heavy atom. The van der Waals surface area contributed by atoms with E-state index in [1.54, 1.807) is 0 Å². The van der Waals surface area contributed by atoms with Crippen LogP contribution in [-0.4, -0.2) is 43.2 Å². The summed E-state index contributed by atoms with van der Waals surface area (Å²) in [6, 6.07) is 134. The second-order valence-corrected chi connectivity index (χ2v) is 29.0. The highest BCUT2D eigenvalue weighted by Crippen LogP contribution is 2.46. The van der Waals surface area contributed by atoms with Crippen molar-refractivity contribution < 1.29 is 8.83 Å². The lowest BCUT2D eigenvalue weighted by molar-refractivity contribution is 0.666. The molecule has 0 amide bonds. The van der Waals surface area contributed by atoms with E-state index in [0.717, 1.165) is 171 Å². The first-order valence-corrected chi connectivity index (χ1v) is 38.4. The van der Waals surface area contributed by atoms with Gasteiger partial charge < -0.3 is 18.0 Å². The highest BCUT2D eigenvalue weighted by Gasteiger charge is 2.26. The summed E-state index contributed by atoms with van der Waals surface area (Å²) >= 11 is 0. The summed E-state index contributed by atoms with van der Waals surface area (Å²) in [7, 11) is 0. The predicted molar refractivity (Wildman–Crippen MR) is 466 cm³/mol. The molecule has 0 radical (unpaired) electrons. The van der Waals surface area contributed by atoms with Gasteiger partial charge in [-0.1, -0.05) is 291 Å². The molecule has 24 rings (SSSR count). The number of nitrogens with zero attached hydrogens (tertiary/aromatic N) is 9. The third-order valence-corrected chi connectivity index (χ3v) is 22.6. The average molecular weight is 1460 g/mol. The van der Waals surface area contributed by atoms with Gasteiger partial charge in [0.2, 0.25) is 11.9 Å². The third kappa shape index (κ3) is 10.3. The lowest BCUT2D eigenvalue weighted by Crippen LogP contribution is -2.06. The number of benzene rings is 16. The Hall–Kier alpha value is -15.6. The number of para-hydroxylation sites is 8. The normalized spacial score (nSPS) is 11.9. The van der Waals surface area contributed by atoms with Crippen molar-refractivity contribution in [1.82, 2.24) is 43.2 Å². The largest absolute Gasteiger partial charge is 0.454 e. The molecule has 11 nitrogen and oxygen atoms in total. The van der Waals surface area contributed by atoms with E-state index in [0.29, 0.717) is 23.5 Å². The van der Waals surface area contributed by atoms with Gasteiger partial charge in [-0.3, -0.25) is 9.13 Å². The van der Waals surface area contributed by atoms with Gasteiger partial charge in [-0.2, -0.15) is 9.97 Å². The molecule has 0 spiro atoms. The number of fused-ring (bicyclic) bond motifs is 18. The average Bonchev–Trinajstić information content (AvgIpc) is 1.57. The molecule has 532 valence electrons. The van der Waals surface area contributed by atoms with E-state index < -0.39 is 0 Å². The minimum absolute atomic E-state index is 0.573. The first-order valence-electron chi connectivity index (χ1n) is 38.4. The molecule has 8 heterocycles. The zero-order valence-electron chi connectivity index (χ0n) is 61.2. The summed E-state index contributed by atoms with van der Waals surface area (Å²) in [5.41, 5.74) is 24.6. The van der Waals surface area contributed by atoms with Gasteiger partial charge in [-0.05, 0) is 113 Å². The molecule has 114 heavy (non-hydrogen) atoms. The van der Waals surface area contributed by atoms with Crippen LogP contribution in [0, 0.1) is 0 Å². The van der Waals surface area contributed by atoms with Crippen molar-refractivity contribution in [1.29, 1.82) is 0 Å². The van der Waals surface area contributed by atoms with Crippen molar-refractivity contribution in [3.63, 3.8) is 0 Å². The summed E-state index contributed by atoms with van der Waals surface area (Å²) in [4.78, 5) is 25.8. The topological polar surface area (TPSA) is 110 Å². The molecule has 0 saturated carbocycles. The van der Waals surface area contributed by atoms with Crippen LogP contribution in [0.4, 0.5) is 0 Å². The number of furan rings is 2. The lowest BCUT2D eigenvalue weighted by atomic mass is 9.98. The second kappa shape index (κ2) is 26.1. The SMILES string of the molecule is c1ccc(-c2cc(-c3ccccc3)nc(-n3c4ccccc4c4c(-c5ccc6c(c5)c5ccccc5n6-c5cccc6c5oc5ccccc56)cccc43)n2)cc1.c1ccc(-c2nc(-c3ccccc3)nc(-n3c4ccccc4c4c(-c5ccc6c(c5)c5ccccc5n6-c5cccc6c5oc5ccccc56)cccc43)n2)cc1. The van der Waals surface area contributed by atoms with Crippen LogP contribution in [0.2, 0.25) is 0 Å². The van der Waals surface area contributed by atoms with Gasteiger partial charge in [0.25, 0.3) is 0 Å². The van der Waals surface area contributed by atoms with Crippen molar-refractivity contribution in [2.45, 2.75) is 0 Å². The fourth-order valence-corrected chi connectivity index (χ4v) is 17.5. The van der Waals surface area contributed by atoms with Gasteiger partial charge in [0.05, 0.1) is 66.9 Å². The third-order valence-electron chi connectivity index (χ3n) is 22.6. The minimum atomic E-state index is 0.573. The van der Waals surface area contributed by atoms with Gasteiger partial charge in [0, 0.05) is 86.9 Å². The zero-order chi connectivity index (χ0) is 74.9. The maximum atomic E-state index is 6.56. The van der Waals surface area contributed by atoms with Crippen LogP contribution >= 0.6 is 0 Å². The Morgan fingerprint density at radius 1 is 0.193 bits per heavy atom. The van der Waals surface area contributed by atoms with Crippen molar-refractivity contribution in [2.24, 2.45) is 0 Å². The van der Waals surface area contributed by atoms with Crippen LogP contribution in [0.15, 0.2) is 391 Å². The number of hydrogen-bond donors (Lipinski definition) is 0. The maximum Gasteiger partial charge on any atom is 0.238 e. The summed E-state index contributed by atoms with van der Waals surface area (Å²) in [5, 5.41) is 13.8. The highest BCUT2D eigenvalue weighted by molar-refractivity contribution is 6.20. The fraction of sp³-hybridized carbons (Fsp3) is 0. The van der Waals surface area contributed by atoms with Crippen molar-refractivity contribution >= 4 is 131 Å². The summed E-state index contributed by atoms with van der Waals surface area (Å²) in [6.07, 6.45) is 0. The Balaban J connectivity index is 0.000000135. The lowest BCUT2D eigenvalue weighted by Gasteiger charge is -2.12. The van der Waals surface area contributed by atoms with Crippen molar-refractivity contribution in [3.8, 4) is 90.8 Å². The van der Waals surface area contributed by atoms with Crippen molar-refractivity contribution in [3.05, 3.63) is 382 Å².